The van der Waals surface area contributed by atoms with Gasteiger partial charge in [0, 0.05) is 32.1 Å². The topological polar surface area (TPSA) is 75.9 Å². The Morgan fingerprint density at radius 2 is 2.00 bits per heavy atom. The van der Waals surface area contributed by atoms with Crippen LogP contribution in [0.15, 0.2) is 24.3 Å². The van der Waals surface area contributed by atoms with Gasteiger partial charge in [-0.2, -0.15) is 0 Å². The zero-order valence-electron chi connectivity index (χ0n) is 12.5. The van der Waals surface area contributed by atoms with Gasteiger partial charge >= 0.3 is 0 Å². The predicted octanol–water partition coefficient (Wildman–Crippen LogP) is 0.752. The Morgan fingerprint density at radius 3 is 2.77 bits per heavy atom. The number of rotatable bonds is 3. The van der Waals surface area contributed by atoms with Crippen LogP contribution >= 0.6 is 0 Å². The van der Waals surface area contributed by atoms with Crippen molar-refractivity contribution >= 4 is 17.5 Å². The first kappa shape index (κ1) is 14.8. The highest BCUT2D eigenvalue weighted by Gasteiger charge is 2.27. The van der Waals surface area contributed by atoms with E-state index in [1.807, 2.05) is 29.2 Å². The van der Waals surface area contributed by atoms with Gasteiger partial charge in [0.15, 0.2) is 6.61 Å². The molecule has 2 N–H and O–H groups in total. The van der Waals surface area contributed by atoms with Crippen molar-refractivity contribution in [1.82, 2.24) is 4.90 Å². The minimum atomic E-state index is -0.104. The molecule has 6 nitrogen and oxygen atoms in total. The number of carbonyl (C=O) groups is 2. The molecule has 6 heteroatoms. The number of likely N-dealkylation sites (tertiary alicyclic amines) is 1. The van der Waals surface area contributed by atoms with Crippen LogP contribution in [-0.4, -0.2) is 49.0 Å². The van der Waals surface area contributed by atoms with E-state index in [-0.39, 0.29) is 24.5 Å². The van der Waals surface area contributed by atoms with E-state index in [9.17, 15) is 9.59 Å². The molecule has 2 aliphatic rings. The van der Waals surface area contributed by atoms with Crippen molar-refractivity contribution in [2.75, 3.05) is 31.1 Å². The van der Waals surface area contributed by atoms with Gasteiger partial charge in [-0.1, -0.05) is 12.1 Å². The first-order valence-corrected chi connectivity index (χ1v) is 7.70. The molecular weight excluding hydrogens is 282 g/mol. The van der Waals surface area contributed by atoms with Crippen molar-refractivity contribution in [3.63, 3.8) is 0 Å². The van der Waals surface area contributed by atoms with Gasteiger partial charge in [0.1, 0.15) is 5.75 Å². The van der Waals surface area contributed by atoms with Crippen LogP contribution in [0.4, 0.5) is 5.69 Å². The lowest BCUT2D eigenvalue weighted by Gasteiger charge is -2.32. The lowest BCUT2D eigenvalue weighted by molar-refractivity contribution is -0.132. The van der Waals surface area contributed by atoms with Gasteiger partial charge < -0.3 is 20.3 Å². The molecule has 0 atom stereocenters. The molecule has 0 spiro atoms. The summed E-state index contributed by atoms with van der Waals surface area (Å²) in [5.74, 6) is 0.675. The number of para-hydroxylation sites is 2. The first-order chi connectivity index (χ1) is 10.6. The molecule has 2 heterocycles. The highest BCUT2D eigenvalue weighted by Crippen LogP contribution is 2.31. The number of piperidine rings is 1. The number of fused-ring (bicyclic) bond motifs is 1. The third-order valence-corrected chi connectivity index (χ3v) is 4.25. The summed E-state index contributed by atoms with van der Waals surface area (Å²) in [6.45, 7) is 1.85. The summed E-state index contributed by atoms with van der Waals surface area (Å²) in [5.41, 5.74) is 6.60. The molecule has 2 amide bonds. The summed E-state index contributed by atoms with van der Waals surface area (Å²) in [6.07, 6.45) is 2.03. The maximum atomic E-state index is 12.3. The molecule has 3 rings (SSSR count). The summed E-state index contributed by atoms with van der Waals surface area (Å²) in [5, 5.41) is 0. The SMILES string of the molecule is NC1CCN(C(=O)CCN2C(=O)COc3ccccc32)CC1. The predicted molar refractivity (Wildman–Crippen MR) is 82.7 cm³/mol. The van der Waals surface area contributed by atoms with E-state index >= 15 is 0 Å². The van der Waals surface area contributed by atoms with Gasteiger partial charge in [0.2, 0.25) is 5.91 Å². The number of nitrogens with zero attached hydrogens (tertiary/aromatic N) is 2. The van der Waals surface area contributed by atoms with E-state index in [0.717, 1.165) is 18.5 Å². The van der Waals surface area contributed by atoms with Crippen LogP contribution in [0.1, 0.15) is 19.3 Å². The fourth-order valence-electron chi connectivity index (χ4n) is 2.91. The number of hydrogen-bond donors (Lipinski definition) is 1. The lowest BCUT2D eigenvalue weighted by Crippen LogP contribution is -2.45. The zero-order valence-corrected chi connectivity index (χ0v) is 12.5. The maximum Gasteiger partial charge on any atom is 0.265 e. The van der Waals surface area contributed by atoms with Crippen molar-refractivity contribution in [3.8, 4) is 5.75 Å². The number of ether oxygens (including phenoxy) is 1. The Balaban J connectivity index is 1.61. The maximum absolute atomic E-state index is 12.3. The van der Waals surface area contributed by atoms with Gasteiger partial charge in [-0.05, 0) is 25.0 Å². The molecule has 118 valence electrons. The number of hydrogen-bond acceptors (Lipinski definition) is 4. The second-order valence-corrected chi connectivity index (χ2v) is 5.77. The number of nitrogens with two attached hydrogens (primary N) is 1. The Bertz CT molecular complexity index is 568. The molecule has 0 bridgehead atoms. The monoisotopic (exact) mass is 303 g/mol. The van der Waals surface area contributed by atoms with Crippen molar-refractivity contribution < 1.29 is 14.3 Å². The van der Waals surface area contributed by atoms with Gasteiger partial charge in [-0.15, -0.1) is 0 Å². The molecular formula is C16H21N3O3. The Kier molecular flexibility index (Phi) is 4.29. The van der Waals surface area contributed by atoms with Crippen molar-refractivity contribution in [2.45, 2.75) is 25.3 Å². The van der Waals surface area contributed by atoms with Gasteiger partial charge in [0.25, 0.3) is 5.91 Å². The number of anilines is 1. The van der Waals surface area contributed by atoms with E-state index in [2.05, 4.69) is 0 Å². The largest absolute Gasteiger partial charge is 0.482 e. The Labute approximate surface area is 129 Å². The number of benzene rings is 1. The van der Waals surface area contributed by atoms with Crippen LogP contribution in [0, 0.1) is 0 Å². The summed E-state index contributed by atoms with van der Waals surface area (Å²) in [6, 6.07) is 7.62. The van der Waals surface area contributed by atoms with Crippen LogP contribution in [0.5, 0.6) is 5.75 Å². The standard InChI is InChI=1S/C16H21N3O3/c17-12-5-8-18(9-6-12)15(20)7-10-19-13-3-1-2-4-14(13)22-11-16(19)21/h1-4,12H,5-11,17H2. The van der Waals surface area contributed by atoms with E-state index in [4.69, 9.17) is 10.5 Å². The molecule has 2 aliphatic heterocycles. The quantitative estimate of drug-likeness (QED) is 0.894. The van der Waals surface area contributed by atoms with Gasteiger partial charge in [0.05, 0.1) is 5.69 Å². The van der Waals surface area contributed by atoms with E-state index < -0.39 is 0 Å². The second-order valence-electron chi connectivity index (χ2n) is 5.77. The summed E-state index contributed by atoms with van der Waals surface area (Å²) in [4.78, 5) is 27.8. The van der Waals surface area contributed by atoms with Crippen LogP contribution in [0.2, 0.25) is 0 Å². The third kappa shape index (κ3) is 3.06. The normalized spacial score (nSPS) is 18.9. The van der Waals surface area contributed by atoms with Crippen LogP contribution < -0.4 is 15.4 Å². The highest BCUT2D eigenvalue weighted by atomic mass is 16.5. The highest BCUT2D eigenvalue weighted by molar-refractivity contribution is 5.98. The van der Waals surface area contributed by atoms with Crippen LogP contribution in [0.3, 0.4) is 0 Å². The fraction of sp³-hybridized carbons (Fsp3) is 0.500. The molecule has 1 aromatic rings. The molecule has 1 aromatic carbocycles. The molecule has 0 aliphatic carbocycles. The van der Waals surface area contributed by atoms with E-state index in [0.29, 0.717) is 31.8 Å². The molecule has 0 radical (unpaired) electrons. The minimum absolute atomic E-state index is 0.0315. The fourth-order valence-corrected chi connectivity index (χ4v) is 2.91. The lowest BCUT2D eigenvalue weighted by atomic mass is 10.1. The second kappa shape index (κ2) is 6.36. The average molecular weight is 303 g/mol. The molecule has 1 saturated heterocycles. The Hall–Kier alpha value is -2.08. The molecule has 0 aromatic heterocycles. The van der Waals surface area contributed by atoms with Crippen molar-refractivity contribution in [2.24, 2.45) is 5.73 Å². The van der Waals surface area contributed by atoms with Crippen LogP contribution in [-0.2, 0) is 9.59 Å². The zero-order chi connectivity index (χ0) is 15.5. The molecule has 0 saturated carbocycles. The van der Waals surface area contributed by atoms with Gasteiger partial charge in [-0.25, -0.2) is 0 Å². The number of amides is 2. The minimum Gasteiger partial charge on any atom is -0.482 e. The molecule has 0 unspecified atom stereocenters. The summed E-state index contributed by atoms with van der Waals surface area (Å²) >= 11 is 0. The smallest absolute Gasteiger partial charge is 0.265 e. The molecule has 1 fully saturated rings. The van der Waals surface area contributed by atoms with Crippen LogP contribution in [0.25, 0.3) is 0 Å². The summed E-state index contributed by atoms with van der Waals surface area (Å²) < 4.78 is 5.40. The van der Waals surface area contributed by atoms with Gasteiger partial charge in [-0.3, -0.25) is 9.59 Å². The third-order valence-electron chi connectivity index (χ3n) is 4.25. The van der Waals surface area contributed by atoms with Crippen molar-refractivity contribution in [1.29, 1.82) is 0 Å². The van der Waals surface area contributed by atoms with E-state index in [1.165, 1.54) is 0 Å². The first-order valence-electron chi connectivity index (χ1n) is 7.70. The summed E-state index contributed by atoms with van der Waals surface area (Å²) in [7, 11) is 0. The van der Waals surface area contributed by atoms with E-state index in [1.54, 1.807) is 4.90 Å². The average Bonchev–Trinajstić information content (AvgIpc) is 2.54. The van der Waals surface area contributed by atoms with Crippen molar-refractivity contribution in [3.05, 3.63) is 24.3 Å². The Morgan fingerprint density at radius 1 is 1.27 bits per heavy atom. The number of carbonyl (C=O) groups excluding carboxylic acids is 2. The molecule has 22 heavy (non-hydrogen) atoms.